The number of carbonyl (C=O) groups excluding carboxylic acids is 3. The van der Waals surface area contributed by atoms with Crippen LogP contribution in [0.15, 0.2) is 109 Å². The first-order valence-electron chi connectivity index (χ1n) is 15.5. The second-order valence-corrected chi connectivity index (χ2v) is 12.2. The minimum Gasteiger partial charge on any atom is -0.361 e. The molecule has 1 saturated carbocycles. The van der Waals surface area contributed by atoms with Gasteiger partial charge in [0, 0.05) is 84.8 Å². The van der Waals surface area contributed by atoms with Gasteiger partial charge in [0.05, 0.1) is 11.3 Å². The van der Waals surface area contributed by atoms with E-state index >= 15 is 0 Å². The molecule has 0 saturated heterocycles. The Labute approximate surface area is 262 Å². The number of ketones is 1. The van der Waals surface area contributed by atoms with Crippen molar-refractivity contribution < 1.29 is 14.4 Å². The van der Waals surface area contributed by atoms with Crippen molar-refractivity contribution in [3.63, 3.8) is 0 Å². The van der Waals surface area contributed by atoms with Crippen LogP contribution in [0.2, 0.25) is 0 Å². The molecule has 3 unspecified atom stereocenters. The first-order valence-corrected chi connectivity index (χ1v) is 15.5. The topological polar surface area (TPSA) is 104 Å². The van der Waals surface area contributed by atoms with Crippen molar-refractivity contribution in [2.45, 2.75) is 18.4 Å². The van der Waals surface area contributed by atoms with E-state index in [-0.39, 0.29) is 23.7 Å². The lowest BCUT2D eigenvalue weighted by molar-refractivity contribution is 0.102. The summed E-state index contributed by atoms with van der Waals surface area (Å²) in [4.78, 5) is 49.3. The number of nitrogens with zero attached hydrogens (tertiary/aromatic N) is 1. The number of carbonyl (C=O) groups is 3. The van der Waals surface area contributed by atoms with Crippen molar-refractivity contribution in [2.75, 3.05) is 0 Å². The molecule has 46 heavy (non-hydrogen) atoms. The summed E-state index contributed by atoms with van der Waals surface area (Å²) in [5.41, 5.74) is 7.67. The minimum atomic E-state index is -0.211. The number of hydrogen-bond donors (Lipinski definition) is 3. The van der Waals surface area contributed by atoms with Gasteiger partial charge in [-0.3, -0.25) is 14.4 Å². The zero-order valence-electron chi connectivity index (χ0n) is 24.7. The normalized spacial score (nSPS) is 16.8. The predicted octanol–water partition coefficient (Wildman–Crippen LogP) is 8.33. The molecule has 3 N–H and O–H groups in total. The molecule has 0 spiro atoms. The van der Waals surface area contributed by atoms with Crippen LogP contribution in [0, 0.1) is 5.92 Å². The van der Waals surface area contributed by atoms with Gasteiger partial charge in [0.15, 0.2) is 12.6 Å². The smallest absolute Gasteiger partial charge is 0.212 e. The molecule has 4 aromatic heterocycles. The highest BCUT2D eigenvalue weighted by Crippen LogP contribution is 2.57. The molecule has 0 bridgehead atoms. The SMILES string of the molecule is O=Cc1c(C(=O)c2cn(C3CC3C(c3[nH]c4ccccc4c3C=O)c3c[nH]c4ccccc34)c3ccccc23)[nH]c2ccccc12. The highest BCUT2D eigenvalue weighted by Gasteiger charge is 2.48. The van der Waals surface area contributed by atoms with Crippen LogP contribution in [0.3, 0.4) is 0 Å². The molecule has 1 aliphatic rings. The summed E-state index contributed by atoms with van der Waals surface area (Å²) in [7, 11) is 0. The fraction of sp³-hybridized carbons (Fsp3) is 0.103. The molecule has 0 radical (unpaired) electrons. The molecule has 4 heterocycles. The lowest BCUT2D eigenvalue weighted by Gasteiger charge is -2.18. The van der Waals surface area contributed by atoms with E-state index in [9.17, 15) is 14.4 Å². The summed E-state index contributed by atoms with van der Waals surface area (Å²) in [6.07, 6.45) is 6.63. The van der Waals surface area contributed by atoms with Crippen LogP contribution in [0.25, 0.3) is 43.6 Å². The van der Waals surface area contributed by atoms with Gasteiger partial charge in [-0.05, 0) is 42.2 Å². The van der Waals surface area contributed by atoms with E-state index in [1.165, 1.54) is 0 Å². The van der Waals surface area contributed by atoms with Crippen LogP contribution < -0.4 is 0 Å². The van der Waals surface area contributed by atoms with Gasteiger partial charge < -0.3 is 19.5 Å². The summed E-state index contributed by atoms with van der Waals surface area (Å²) in [6.45, 7) is 0. The third-order valence-corrected chi connectivity index (χ3v) is 9.83. The van der Waals surface area contributed by atoms with E-state index in [4.69, 9.17) is 0 Å². The molecule has 9 rings (SSSR count). The van der Waals surface area contributed by atoms with Crippen molar-refractivity contribution in [1.82, 2.24) is 19.5 Å². The van der Waals surface area contributed by atoms with Crippen LogP contribution in [0.1, 0.15) is 66.4 Å². The molecule has 1 fully saturated rings. The average Bonchev–Trinajstić information content (AvgIpc) is 3.42. The van der Waals surface area contributed by atoms with Crippen molar-refractivity contribution in [1.29, 1.82) is 0 Å². The number of para-hydroxylation sites is 4. The van der Waals surface area contributed by atoms with Crippen molar-refractivity contribution in [3.8, 4) is 0 Å². The summed E-state index contributed by atoms with van der Waals surface area (Å²) >= 11 is 0. The Bertz CT molecular complexity index is 2510. The fourth-order valence-corrected chi connectivity index (χ4v) is 7.65. The molecule has 1 aliphatic carbocycles. The molecule has 8 aromatic rings. The van der Waals surface area contributed by atoms with Gasteiger partial charge in [-0.2, -0.15) is 0 Å². The van der Waals surface area contributed by atoms with Gasteiger partial charge in [-0.1, -0.05) is 72.8 Å². The molecule has 7 heteroatoms. The Morgan fingerprint density at radius 3 is 2.07 bits per heavy atom. The monoisotopic (exact) mass is 600 g/mol. The third kappa shape index (κ3) is 3.81. The number of rotatable bonds is 8. The van der Waals surface area contributed by atoms with Gasteiger partial charge >= 0.3 is 0 Å². The Kier molecular flexibility index (Phi) is 5.77. The molecule has 4 aromatic carbocycles. The van der Waals surface area contributed by atoms with Crippen LogP contribution in [-0.2, 0) is 0 Å². The van der Waals surface area contributed by atoms with Crippen molar-refractivity contribution >= 4 is 62.0 Å². The molecule has 0 amide bonds. The zero-order chi connectivity index (χ0) is 30.9. The second kappa shape index (κ2) is 10.0. The Morgan fingerprint density at radius 1 is 0.717 bits per heavy atom. The summed E-state index contributed by atoms with van der Waals surface area (Å²) in [5.74, 6) is -0.148. The van der Waals surface area contributed by atoms with E-state index < -0.39 is 0 Å². The van der Waals surface area contributed by atoms with E-state index in [0.717, 1.165) is 73.9 Å². The van der Waals surface area contributed by atoms with E-state index in [1.54, 1.807) is 0 Å². The minimum absolute atomic E-state index is 0.0873. The first-order chi connectivity index (χ1) is 22.7. The van der Waals surface area contributed by atoms with Gasteiger partial charge in [-0.25, -0.2) is 0 Å². The lowest BCUT2D eigenvalue weighted by atomic mass is 9.88. The Balaban J connectivity index is 1.18. The summed E-state index contributed by atoms with van der Waals surface area (Å²) < 4.78 is 2.22. The highest BCUT2D eigenvalue weighted by molar-refractivity contribution is 6.21. The molecule has 222 valence electrons. The predicted molar refractivity (Wildman–Crippen MR) is 180 cm³/mol. The standard InChI is InChI=1S/C39H28N4O3/c44-20-29-23-10-2-6-14-32(23)41-37(29)36(27-18-40-31-13-5-1-9-22(27)31)26-17-35(26)43-19-28(25-12-4-8-16-34(25)43)39(46)38-30(21-45)24-11-3-7-15-33(24)42-38/h1-16,18-21,26,35-36,40-42H,17H2. The van der Waals surface area contributed by atoms with Gasteiger partial charge in [0.25, 0.3) is 0 Å². The zero-order valence-corrected chi connectivity index (χ0v) is 24.7. The molecule has 7 nitrogen and oxygen atoms in total. The van der Waals surface area contributed by atoms with E-state index in [0.29, 0.717) is 22.4 Å². The van der Waals surface area contributed by atoms with Crippen molar-refractivity contribution in [2.24, 2.45) is 5.92 Å². The quantitative estimate of drug-likeness (QED) is 0.121. The Hall–Kier alpha value is -5.95. The van der Waals surface area contributed by atoms with E-state index in [1.807, 2.05) is 91.1 Å². The number of aromatic amines is 3. The molecular formula is C39H28N4O3. The fourth-order valence-electron chi connectivity index (χ4n) is 7.65. The number of benzene rings is 4. The number of nitrogens with one attached hydrogen (secondary N) is 3. The first kappa shape index (κ1) is 26.5. The maximum atomic E-state index is 14.2. The number of fused-ring (bicyclic) bond motifs is 4. The largest absolute Gasteiger partial charge is 0.361 e. The van der Waals surface area contributed by atoms with Crippen LogP contribution >= 0.6 is 0 Å². The summed E-state index contributed by atoms with van der Waals surface area (Å²) in [5, 5.41) is 3.62. The lowest BCUT2D eigenvalue weighted by Crippen LogP contribution is -2.09. The second-order valence-electron chi connectivity index (χ2n) is 12.2. The molecule has 0 aliphatic heterocycles. The van der Waals surface area contributed by atoms with Crippen LogP contribution in [0.4, 0.5) is 0 Å². The number of H-pyrrole nitrogens is 3. The van der Waals surface area contributed by atoms with Crippen LogP contribution in [0.5, 0.6) is 0 Å². The van der Waals surface area contributed by atoms with Gasteiger partial charge in [0.1, 0.15) is 0 Å². The third-order valence-electron chi connectivity index (χ3n) is 9.83. The number of aromatic nitrogens is 4. The average molecular weight is 601 g/mol. The van der Waals surface area contributed by atoms with Crippen LogP contribution in [-0.4, -0.2) is 37.9 Å². The molecule has 3 atom stereocenters. The van der Waals surface area contributed by atoms with Crippen molar-refractivity contribution in [3.05, 3.63) is 143 Å². The highest BCUT2D eigenvalue weighted by atomic mass is 16.1. The van der Waals surface area contributed by atoms with E-state index in [2.05, 4.69) is 37.8 Å². The van der Waals surface area contributed by atoms with Gasteiger partial charge in [0.2, 0.25) is 5.78 Å². The maximum absolute atomic E-state index is 14.2. The van der Waals surface area contributed by atoms with Gasteiger partial charge in [-0.15, -0.1) is 0 Å². The maximum Gasteiger partial charge on any atom is 0.212 e. The number of hydrogen-bond acceptors (Lipinski definition) is 3. The molecular weight excluding hydrogens is 572 g/mol. The number of aldehydes is 2. The Morgan fingerprint density at radius 2 is 1.33 bits per heavy atom. The summed E-state index contributed by atoms with van der Waals surface area (Å²) in [6, 6.07) is 31.7.